The molecule has 0 N–H and O–H groups in total. The first-order valence-electron chi connectivity index (χ1n) is 5.94. The highest BCUT2D eigenvalue weighted by molar-refractivity contribution is 5.88. The number of nitrogens with zero attached hydrogens (tertiary/aromatic N) is 3. The standard InChI is InChI=1S/C11H17N3O4/c1-8(15)13-3-5-14(6-4-13)10(16)9-7-18-11(17)12(9)2/h9H,3-7H2,1-2H3. The van der Waals surface area contributed by atoms with E-state index in [2.05, 4.69) is 0 Å². The molecule has 7 nitrogen and oxygen atoms in total. The van der Waals surface area contributed by atoms with Crippen LogP contribution in [0.5, 0.6) is 0 Å². The topological polar surface area (TPSA) is 70.2 Å². The van der Waals surface area contributed by atoms with Gasteiger partial charge in [-0.1, -0.05) is 0 Å². The molecule has 1 unspecified atom stereocenters. The Bertz CT molecular complexity index is 376. The summed E-state index contributed by atoms with van der Waals surface area (Å²) in [6.07, 6.45) is -0.462. The van der Waals surface area contributed by atoms with E-state index in [4.69, 9.17) is 4.74 Å². The van der Waals surface area contributed by atoms with Crippen LogP contribution < -0.4 is 0 Å². The molecule has 0 saturated carbocycles. The van der Waals surface area contributed by atoms with Crippen LogP contribution in [0, 0.1) is 0 Å². The molecule has 2 fully saturated rings. The van der Waals surface area contributed by atoms with Gasteiger partial charge in [0.1, 0.15) is 12.6 Å². The maximum absolute atomic E-state index is 12.2. The van der Waals surface area contributed by atoms with Crippen molar-refractivity contribution in [3.63, 3.8) is 0 Å². The zero-order valence-electron chi connectivity index (χ0n) is 10.6. The summed E-state index contributed by atoms with van der Waals surface area (Å²) in [5.41, 5.74) is 0. The molecule has 1 atom stereocenters. The van der Waals surface area contributed by atoms with E-state index in [9.17, 15) is 14.4 Å². The Morgan fingerprint density at radius 2 is 1.72 bits per heavy atom. The van der Waals surface area contributed by atoms with E-state index in [0.717, 1.165) is 0 Å². The minimum atomic E-state index is -0.527. The van der Waals surface area contributed by atoms with E-state index >= 15 is 0 Å². The molecular weight excluding hydrogens is 238 g/mol. The average Bonchev–Trinajstić information content (AvgIpc) is 2.69. The summed E-state index contributed by atoms with van der Waals surface area (Å²) in [6, 6.07) is -0.527. The second kappa shape index (κ2) is 4.83. The van der Waals surface area contributed by atoms with Gasteiger partial charge in [-0.15, -0.1) is 0 Å². The summed E-state index contributed by atoms with van der Waals surface area (Å²) in [5, 5.41) is 0. The molecule has 0 radical (unpaired) electrons. The van der Waals surface area contributed by atoms with Crippen molar-refractivity contribution in [3.8, 4) is 0 Å². The number of likely N-dealkylation sites (N-methyl/N-ethyl adjacent to an activating group) is 1. The predicted octanol–water partition coefficient (Wildman–Crippen LogP) is -0.872. The van der Waals surface area contributed by atoms with Crippen LogP contribution >= 0.6 is 0 Å². The molecule has 2 heterocycles. The van der Waals surface area contributed by atoms with Crippen LogP contribution in [0.4, 0.5) is 4.79 Å². The van der Waals surface area contributed by atoms with Crippen LogP contribution in [0.25, 0.3) is 0 Å². The summed E-state index contributed by atoms with van der Waals surface area (Å²) in [5.74, 6) is -0.0786. The van der Waals surface area contributed by atoms with Gasteiger partial charge in [-0.25, -0.2) is 4.79 Å². The number of hydrogen-bond acceptors (Lipinski definition) is 4. The van der Waals surface area contributed by atoms with E-state index in [-0.39, 0.29) is 18.4 Å². The van der Waals surface area contributed by atoms with Crippen molar-refractivity contribution in [3.05, 3.63) is 0 Å². The highest BCUT2D eigenvalue weighted by Gasteiger charge is 2.38. The van der Waals surface area contributed by atoms with Gasteiger partial charge in [0.25, 0.3) is 0 Å². The number of carbonyl (C=O) groups is 3. The van der Waals surface area contributed by atoms with Gasteiger partial charge < -0.3 is 14.5 Å². The Labute approximate surface area is 105 Å². The molecule has 2 saturated heterocycles. The summed E-state index contributed by atoms with van der Waals surface area (Å²) >= 11 is 0. The smallest absolute Gasteiger partial charge is 0.410 e. The van der Waals surface area contributed by atoms with Crippen molar-refractivity contribution in [2.24, 2.45) is 0 Å². The van der Waals surface area contributed by atoms with Crippen molar-refractivity contribution in [2.45, 2.75) is 13.0 Å². The average molecular weight is 255 g/mol. The Balaban J connectivity index is 1.92. The molecule has 2 rings (SSSR count). The number of cyclic esters (lactones) is 1. The van der Waals surface area contributed by atoms with Gasteiger partial charge in [0.2, 0.25) is 11.8 Å². The molecule has 0 aromatic rings. The third-order valence-corrected chi connectivity index (χ3v) is 3.44. The first kappa shape index (κ1) is 12.7. The van der Waals surface area contributed by atoms with Crippen LogP contribution in [-0.4, -0.2) is 78.5 Å². The fourth-order valence-corrected chi connectivity index (χ4v) is 2.18. The summed E-state index contributed by atoms with van der Waals surface area (Å²) < 4.78 is 4.82. The highest BCUT2D eigenvalue weighted by atomic mass is 16.6. The van der Waals surface area contributed by atoms with Crippen LogP contribution in [0.2, 0.25) is 0 Å². The predicted molar refractivity (Wildman–Crippen MR) is 61.7 cm³/mol. The molecule has 0 spiro atoms. The Morgan fingerprint density at radius 1 is 1.17 bits per heavy atom. The molecule has 7 heteroatoms. The first-order valence-corrected chi connectivity index (χ1v) is 5.94. The van der Waals surface area contributed by atoms with Crippen LogP contribution in [0.3, 0.4) is 0 Å². The molecule has 18 heavy (non-hydrogen) atoms. The summed E-state index contributed by atoms with van der Waals surface area (Å²) in [4.78, 5) is 39.3. The van der Waals surface area contributed by atoms with E-state index < -0.39 is 12.1 Å². The lowest BCUT2D eigenvalue weighted by atomic mass is 10.2. The zero-order chi connectivity index (χ0) is 13.3. The third-order valence-electron chi connectivity index (χ3n) is 3.44. The van der Waals surface area contributed by atoms with Gasteiger partial charge in [-0.3, -0.25) is 14.5 Å². The largest absolute Gasteiger partial charge is 0.447 e. The second-order valence-electron chi connectivity index (χ2n) is 4.53. The maximum Gasteiger partial charge on any atom is 0.410 e. The normalized spacial score (nSPS) is 24.2. The third kappa shape index (κ3) is 2.25. The molecule has 0 aromatic heterocycles. The van der Waals surface area contributed by atoms with Gasteiger partial charge in [0.15, 0.2) is 0 Å². The van der Waals surface area contributed by atoms with Gasteiger partial charge in [-0.2, -0.15) is 0 Å². The Morgan fingerprint density at radius 3 is 2.17 bits per heavy atom. The summed E-state index contributed by atoms with van der Waals surface area (Å²) in [7, 11) is 1.56. The molecule has 0 bridgehead atoms. The van der Waals surface area contributed by atoms with Gasteiger partial charge >= 0.3 is 6.09 Å². The Kier molecular flexibility index (Phi) is 3.40. The maximum atomic E-state index is 12.2. The van der Waals surface area contributed by atoms with Crippen LogP contribution in [0.15, 0.2) is 0 Å². The molecule has 3 amide bonds. The first-order chi connectivity index (χ1) is 8.50. The zero-order valence-corrected chi connectivity index (χ0v) is 10.6. The number of hydrogen-bond donors (Lipinski definition) is 0. The van der Waals surface area contributed by atoms with E-state index in [1.165, 1.54) is 11.8 Å². The van der Waals surface area contributed by atoms with E-state index in [1.807, 2.05) is 0 Å². The highest BCUT2D eigenvalue weighted by Crippen LogP contribution is 2.14. The molecule has 2 aliphatic rings. The molecule has 0 aliphatic carbocycles. The number of amides is 3. The molecule has 2 aliphatic heterocycles. The number of ether oxygens (including phenoxy) is 1. The van der Waals surface area contributed by atoms with Crippen LogP contribution in [-0.2, 0) is 14.3 Å². The lowest BCUT2D eigenvalue weighted by molar-refractivity contribution is -0.140. The molecule has 100 valence electrons. The van der Waals surface area contributed by atoms with E-state index in [1.54, 1.807) is 16.8 Å². The van der Waals surface area contributed by atoms with E-state index in [0.29, 0.717) is 26.2 Å². The van der Waals surface area contributed by atoms with Crippen LogP contribution in [0.1, 0.15) is 6.92 Å². The van der Waals surface area contributed by atoms with Gasteiger partial charge in [0, 0.05) is 40.2 Å². The summed E-state index contributed by atoms with van der Waals surface area (Å²) in [6.45, 7) is 3.75. The van der Waals surface area contributed by atoms with Crippen molar-refractivity contribution >= 4 is 17.9 Å². The quantitative estimate of drug-likeness (QED) is 0.610. The SMILES string of the molecule is CC(=O)N1CCN(C(=O)C2COC(=O)N2C)CC1. The lowest BCUT2D eigenvalue weighted by Crippen LogP contribution is -2.54. The molecule has 0 aromatic carbocycles. The minimum absolute atomic E-state index is 0.0265. The minimum Gasteiger partial charge on any atom is -0.447 e. The van der Waals surface area contributed by atoms with Gasteiger partial charge in [0.05, 0.1) is 0 Å². The lowest BCUT2D eigenvalue weighted by Gasteiger charge is -2.35. The second-order valence-corrected chi connectivity index (χ2v) is 4.53. The van der Waals surface area contributed by atoms with Crippen molar-refractivity contribution in [2.75, 3.05) is 39.8 Å². The molecular formula is C11H17N3O4. The number of rotatable bonds is 1. The number of carbonyl (C=O) groups excluding carboxylic acids is 3. The number of piperazine rings is 1. The fourth-order valence-electron chi connectivity index (χ4n) is 2.18. The monoisotopic (exact) mass is 255 g/mol. The van der Waals surface area contributed by atoms with Crippen molar-refractivity contribution in [1.29, 1.82) is 0 Å². The van der Waals surface area contributed by atoms with Crippen molar-refractivity contribution < 1.29 is 19.1 Å². The Hall–Kier alpha value is -1.79. The fraction of sp³-hybridized carbons (Fsp3) is 0.727. The van der Waals surface area contributed by atoms with Gasteiger partial charge in [-0.05, 0) is 0 Å². The van der Waals surface area contributed by atoms with Crippen molar-refractivity contribution in [1.82, 2.24) is 14.7 Å².